The average molecular weight is 314 g/mol. The molecule has 0 radical (unpaired) electrons. The van der Waals surface area contributed by atoms with Crippen LogP contribution in [0.2, 0.25) is 0 Å². The summed E-state index contributed by atoms with van der Waals surface area (Å²) in [5.74, 6) is -1.10. The van der Waals surface area contributed by atoms with Crippen molar-refractivity contribution in [3.05, 3.63) is 30.1 Å². The van der Waals surface area contributed by atoms with E-state index in [0.29, 0.717) is 6.42 Å². The zero-order valence-electron chi connectivity index (χ0n) is 12.5. The Morgan fingerprint density at radius 2 is 1.90 bits per heavy atom. The number of carboxylic acids is 1. The molecule has 1 aromatic heterocycles. The summed E-state index contributed by atoms with van der Waals surface area (Å²) in [4.78, 5) is 14.8. The van der Waals surface area contributed by atoms with Crippen molar-refractivity contribution in [1.82, 2.24) is 9.71 Å². The fourth-order valence-corrected chi connectivity index (χ4v) is 3.27. The number of hydrogen-bond donors (Lipinski definition) is 2. The van der Waals surface area contributed by atoms with Crippen LogP contribution in [0, 0.1) is 5.41 Å². The van der Waals surface area contributed by atoms with Crippen LogP contribution in [0.1, 0.15) is 32.8 Å². The smallest absolute Gasteiger partial charge is 0.304 e. The van der Waals surface area contributed by atoms with Gasteiger partial charge in [-0.3, -0.25) is 9.78 Å². The first kappa shape index (κ1) is 17.6. The van der Waals surface area contributed by atoms with Gasteiger partial charge in [-0.2, -0.15) is 0 Å². The molecule has 0 spiro atoms. The zero-order valence-corrected chi connectivity index (χ0v) is 13.4. The molecule has 1 heterocycles. The number of aliphatic carboxylic acids is 1. The van der Waals surface area contributed by atoms with Crippen LogP contribution in [0.15, 0.2) is 24.5 Å². The van der Waals surface area contributed by atoms with Crippen LogP contribution in [-0.4, -0.2) is 36.3 Å². The van der Waals surface area contributed by atoms with Gasteiger partial charge in [-0.1, -0.05) is 20.8 Å². The third-order valence-electron chi connectivity index (χ3n) is 3.15. The van der Waals surface area contributed by atoms with Gasteiger partial charge in [-0.25, -0.2) is 13.1 Å². The molecule has 21 heavy (non-hydrogen) atoms. The number of rotatable bonds is 7. The van der Waals surface area contributed by atoms with Gasteiger partial charge in [0.05, 0.1) is 12.2 Å². The molecular formula is C14H22N2O4S. The van der Waals surface area contributed by atoms with Crippen LogP contribution in [0.4, 0.5) is 0 Å². The van der Waals surface area contributed by atoms with E-state index >= 15 is 0 Å². The van der Waals surface area contributed by atoms with E-state index in [2.05, 4.69) is 9.71 Å². The molecule has 0 aliphatic rings. The topological polar surface area (TPSA) is 96.4 Å². The number of carboxylic acid groups (broad SMARTS) is 1. The number of nitrogens with zero attached hydrogens (tertiary/aromatic N) is 1. The molecule has 118 valence electrons. The molecule has 1 rings (SSSR count). The van der Waals surface area contributed by atoms with Gasteiger partial charge in [0.2, 0.25) is 10.0 Å². The van der Waals surface area contributed by atoms with E-state index < -0.39 is 27.4 Å². The van der Waals surface area contributed by atoms with Gasteiger partial charge in [-0.05, 0) is 29.5 Å². The third-order valence-corrected chi connectivity index (χ3v) is 4.54. The van der Waals surface area contributed by atoms with Gasteiger partial charge in [0.25, 0.3) is 0 Å². The molecule has 7 heteroatoms. The summed E-state index contributed by atoms with van der Waals surface area (Å²) in [5, 5.41) is 8.91. The van der Waals surface area contributed by atoms with Crippen molar-refractivity contribution in [2.75, 3.05) is 5.75 Å². The van der Waals surface area contributed by atoms with Gasteiger partial charge in [0, 0.05) is 18.4 Å². The maximum absolute atomic E-state index is 12.1. The SMILES string of the molecule is CC(C)(C)C(CC(=O)O)NS(=O)(=O)CCc1ccncc1. The summed E-state index contributed by atoms with van der Waals surface area (Å²) in [6.45, 7) is 5.43. The van der Waals surface area contributed by atoms with Gasteiger partial charge in [0.15, 0.2) is 0 Å². The molecule has 1 aromatic rings. The Balaban J connectivity index is 2.70. The van der Waals surface area contributed by atoms with Crippen LogP contribution in [0.25, 0.3) is 0 Å². The minimum atomic E-state index is -3.54. The molecule has 1 atom stereocenters. The minimum Gasteiger partial charge on any atom is -0.481 e. The lowest BCUT2D eigenvalue weighted by Gasteiger charge is -2.30. The summed E-state index contributed by atoms with van der Waals surface area (Å²) in [7, 11) is -3.54. The molecule has 6 nitrogen and oxygen atoms in total. The molecule has 1 unspecified atom stereocenters. The maximum atomic E-state index is 12.1. The summed E-state index contributed by atoms with van der Waals surface area (Å²) in [5.41, 5.74) is 0.406. The van der Waals surface area contributed by atoms with E-state index in [1.807, 2.05) is 20.8 Å². The van der Waals surface area contributed by atoms with E-state index in [1.54, 1.807) is 24.5 Å². The largest absolute Gasteiger partial charge is 0.481 e. The highest BCUT2D eigenvalue weighted by Gasteiger charge is 2.30. The highest BCUT2D eigenvalue weighted by Crippen LogP contribution is 2.22. The average Bonchev–Trinajstić information content (AvgIpc) is 2.35. The molecule has 0 aromatic carbocycles. The van der Waals surface area contributed by atoms with Crippen molar-refractivity contribution in [2.24, 2.45) is 5.41 Å². The van der Waals surface area contributed by atoms with Crippen molar-refractivity contribution in [3.8, 4) is 0 Å². The molecule has 0 fully saturated rings. The molecule has 0 amide bonds. The Morgan fingerprint density at radius 3 is 2.38 bits per heavy atom. The van der Waals surface area contributed by atoms with Gasteiger partial charge in [-0.15, -0.1) is 0 Å². The Morgan fingerprint density at radius 1 is 1.33 bits per heavy atom. The van der Waals surface area contributed by atoms with Crippen molar-refractivity contribution in [3.63, 3.8) is 0 Å². The second-order valence-electron chi connectivity index (χ2n) is 6.06. The van der Waals surface area contributed by atoms with E-state index in [1.165, 1.54) is 0 Å². The van der Waals surface area contributed by atoms with Crippen molar-refractivity contribution in [1.29, 1.82) is 0 Å². The molecule has 0 bridgehead atoms. The highest BCUT2D eigenvalue weighted by atomic mass is 32.2. The standard InChI is InChI=1S/C14H22N2O4S/c1-14(2,3)12(10-13(17)18)16-21(19,20)9-6-11-4-7-15-8-5-11/h4-5,7-8,12,16H,6,9-10H2,1-3H3,(H,17,18). The second kappa shape index (κ2) is 7.00. The zero-order chi connectivity index (χ0) is 16.1. The monoisotopic (exact) mass is 314 g/mol. The Bertz CT molecular complexity index is 564. The van der Waals surface area contributed by atoms with E-state index in [4.69, 9.17) is 5.11 Å². The first-order valence-corrected chi connectivity index (χ1v) is 8.36. The summed E-state index contributed by atoms with van der Waals surface area (Å²) < 4.78 is 26.8. The molecule has 0 saturated carbocycles. The van der Waals surface area contributed by atoms with Crippen LogP contribution >= 0.6 is 0 Å². The lowest BCUT2D eigenvalue weighted by molar-refractivity contribution is -0.138. The minimum absolute atomic E-state index is 0.0801. The van der Waals surface area contributed by atoms with Crippen molar-refractivity contribution >= 4 is 16.0 Å². The first-order chi connectivity index (χ1) is 9.60. The molecule has 0 saturated heterocycles. The van der Waals surface area contributed by atoms with Gasteiger partial charge < -0.3 is 5.11 Å². The van der Waals surface area contributed by atoms with Crippen molar-refractivity contribution in [2.45, 2.75) is 39.7 Å². The molecular weight excluding hydrogens is 292 g/mol. The number of aryl methyl sites for hydroxylation is 1. The van der Waals surface area contributed by atoms with Gasteiger partial charge in [0.1, 0.15) is 0 Å². The Labute approximate surface area is 125 Å². The number of aromatic nitrogens is 1. The summed E-state index contributed by atoms with van der Waals surface area (Å²) in [6.07, 6.45) is 3.34. The van der Waals surface area contributed by atoms with Gasteiger partial charge >= 0.3 is 5.97 Å². The van der Waals surface area contributed by atoms with Crippen LogP contribution in [0.3, 0.4) is 0 Å². The summed E-state index contributed by atoms with van der Waals surface area (Å²) >= 11 is 0. The predicted molar refractivity (Wildman–Crippen MR) is 80.4 cm³/mol. The fourth-order valence-electron chi connectivity index (χ4n) is 1.78. The second-order valence-corrected chi connectivity index (χ2v) is 7.93. The summed E-state index contributed by atoms with van der Waals surface area (Å²) in [6, 6.07) is 2.87. The normalized spacial score (nSPS) is 13.9. The van der Waals surface area contributed by atoms with E-state index in [9.17, 15) is 13.2 Å². The van der Waals surface area contributed by atoms with E-state index in [-0.39, 0.29) is 12.2 Å². The molecule has 2 N–H and O–H groups in total. The lowest BCUT2D eigenvalue weighted by atomic mass is 9.85. The first-order valence-electron chi connectivity index (χ1n) is 6.71. The number of nitrogens with one attached hydrogen (secondary N) is 1. The molecule has 0 aliphatic carbocycles. The van der Waals surface area contributed by atoms with Crippen LogP contribution < -0.4 is 4.72 Å². The quantitative estimate of drug-likeness (QED) is 0.793. The number of hydrogen-bond acceptors (Lipinski definition) is 4. The number of pyridine rings is 1. The Kier molecular flexibility index (Phi) is 5.86. The highest BCUT2D eigenvalue weighted by molar-refractivity contribution is 7.89. The van der Waals surface area contributed by atoms with Crippen LogP contribution in [-0.2, 0) is 21.2 Å². The fraction of sp³-hybridized carbons (Fsp3) is 0.571. The maximum Gasteiger partial charge on any atom is 0.304 e. The lowest BCUT2D eigenvalue weighted by Crippen LogP contribution is -2.46. The molecule has 0 aliphatic heterocycles. The van der Waals surface area contributed by atoms with Crippen LogP contribution in [0.5, 0.6) is 0 Å². The predicted octanol–water partition coefficient (Wildman–Crippen LogP) is 1.43. The number of sulfonamides is 1. The number of carbonyl (C=O) groups is 1. The van der Waals surface area contributed by atoms with Crippen molar-refractivity contribution < 1.29 is 18.3 Å². The Hall–Kier alpha value is -1.47. The third kappa shape index (κ3) is 6.68. The van der Waals surface area contributed by atoms with E-state index in [0.717, 1.165) is 5.56 Å².